The Bertz CT molecular complexity index is 594. The van der Waals surface area contributed by atoms with Gasteiger partial charge in [-0.05, 0) is 32.4 Å². The average molecular weight is 259 g/mol. The van der Waals surface area contributed by atoms with Crippen molar-refractivity contribution in [3.8, 4) is 11.5 Å². The van der Waals surface area contributed by atoms with Crippen LogP contribution in [0.25, 0.3) is 11.5 Å². The third-order valence-corrected chi connectivity index (χ3v) is 2.85. The zero-order valence-corrected chi connectivity index (χ0v) is 11.4. The van der Waals surface area contributed by atoms with Gasteiger partial charge in [0, 0.05) is 5.56 Å². The highest BCUT2D eigenvalue weighted by molar-refractivity contribution is 5.86. The van der Waals surface area contributed by atoms with Gasteiger partial charge in [-0.2, -0.15) is 0 Å². The molecule has 0 spiro atoms. The maximum absolute atomic E-state index is 11.1. The third kappa shape index (κ3) is 2.84. The molecule has 0 bridgehead atoms. The summed E-state index contributed by atoms with van der Waals surface area (Å²) in [5, 5.41) is 9.13. The number of carboxylic acids is 1. The fraction of sp³-hybridized carbons (Fsp3) is 0.333. The lowest BCUT2D eigenvalue weighted by Gasteiger charge is -2.00. The number of carboxylic acid groups (broad SMARTS) is 1. The lowest BCUT2D eigenvalue weighted by atomic mass is 10.1. The van der Waals surface area contributed by atoms with Crippen LogP contribution in [0.4, 0.5) is 0 Å². The lowest BCUT2D eigenvalue weighted by Crippen LogP contribution is -1.99. The molecule has 0 radical (unpaired) electrons. The van der Waals surface area contributed by atoms with Gasteiger partial charge in [0.25, 0.3) is 0 Å². The van der Waals surface area contributed by atoms with E-state index in [9.17, 15) is 4.79 Å². The van der Waals surface area contributed by atoms with Crippen LogP contribution in [0.1, 0.15) is 40.7 Å². The molecule has 2 rings (SSSR count). The highest BCUT2D eigenvalue weighted by Gasteiger charge is 2.19. The van der Waals surface area contributed by atoms with Crippen molar-refractivity contribution in [1.29, 1.82) is 0 Å². The molecule has 19 heavy (non-hydrogen) atoms. The largest absolute Gasteiger partial charge is 0.475 e. The van der Waals surface area contributed by atoms with Gasteiger partial charge >= 0.3 is 5.97 Å². The molecule has 4 nitrogen and oxygen atoms in total. The first-order valence-electron chi connectivity index (χ1n) is 6.33. The molecule has 0 aliphatic carbocycles. The monoisotopic (exact) mass is 259 g/mol. The summed E-state index contributed by atoms with van der Waals surface area (Å²) in [6, 6.07) is 5.94. The summed E-state index contributed by atoms with van der Waals surface area (Å²) in [5.41, 5.74) is 3.54. The Hall–Kier alpha value is -2.10. The van der Waals surface area contributed by atoms with Gasteiger partial charge in [0.15, 0.2) is 0 Å². The molecule has 1 aromatic carbocycles. The topological polar surface area (TPSA) is 63.3 Å². The molecule has 1 N–H and O–H groups in total. The van der Waals surface area contributed by atoms with Crippen LogP contribution in [0.5, 0.6) is 0 Å². The Kier molecular flexibility index (Phi) is 3.69. The van der Waals surface area contributed by atoms with Crippen LogP contribution < -0.4 is 0 Å². The molecule has 0 amide bonds. The normalized spacial score (nSPS) is 10.7. The Labute approximate surface area is 112 Å². The van der Waals surface area contributed by atoms with E-state index in [1.54, 1.807) is 0 Å². The van der Waals surface area contributed by atoms with Crippen LogP contribution in [0.3, 0.4) is 0 Å². The number of carbonyl (C=O) groups is 1. The smallest absolute Gasteiger partial charge is 0.373 e. The second-order valence-corrected chi connectivity index (χ2v) is 4.73. The summed E-state index contributed by atoms with van der Waals surface area (Å²) in [4.78, 5) is 15.5. The van der Waals surface area contributed by atoms with Crippen molar-refractivity contribution in [1.82, 2.24) is 4.98 Å². The lowest BCUT2D eigenvalue weighted by molar-refractivity contribution is 0.0661. The van der Waals surface area contributed by atoms with E-state index in [0.29, 0.717) is 18.0 Å². The van der Waals surface area contributed by atoms with Gasteiger partial charge < -0.3 is 9.52 Å². The quantitative estimate of drug-likeness (QED) is 0.911. The van der Waals surface area contributed by atoms with Crippen LogP contribution >= 0.6 is 0 Å². The molecule has 100 valence electrons. The highest BCUT2D eigenvalue weighted by Crippen LogP contribution is 2.25. The first-order chi connectivity index (χ1) is 9.01. The molecule has 2 aromatic rings. The van der Waals surface area contributed by atoms with Crippen LogP contribution in [0, 0.1) is 13.8 Å². The van der Waals surface area contributed by atoms with Gasteiger partial charge in [-0.3, -0.25) is 0 Å². The first-order valence-corrected chi connectivity index (χ1v) is 6.33. The van der Waals surface area contributed by atoms with Gasteiger partial charge in [0.2, 0.25) is 11.7 Å². The SMILES string of the molecule is CCCc1nc(-c2cc(C)cc(C)c2)oc1C(=O)O. The summed E-state index contributed by atoms with van der Waals surface area (Å²) >= 11 is 0. The van der Waals surface area contributed by atoms with E-state index in [0.717, 1.165) is 23.1 Å². The zero-order valence-electron chi connectivity index (χ0n) is 11.4. The van der Waals surface area contributed by atoms with Crippen LogP contribution in [-0.4, -0.2) is 16.1 Å². The standard InChI is InChI=1S/C15H17NO3/c1-4-5-12-13(15(17)18)19-14(16-12)11-7-9(2)6-10(3)8-11/h6-8H,4-5H2,1-3H3,(H,17,18). The molecule has 0 aliphatic rings. The van der Waals surface area contributed by atoms with Crippen LogP contribution in [-0.2, 0) is 6.42 Å². The molecule has 0 saturated carbocycles. The number of rotatable bonds is 4. The fourth-order valence-electron chi connectivity index (χ4n) is 2.15. The number of hydrogen-bond acceptors (Lipinski definition) is 3. The van der Waals surface area contributed by atoms with E-state index >= 15 is 0 Å². The van der Waals surface area contributed by atoms with E-state index in [1.165, 1.54) is 0 Å². The van der Waals surface area contributed by atoms with Gasteiger partial charge in [-0.15, -0.1) is 0 Å². The van der Waals surface area contributed by atoms with Crippen molar-refractivity contribution in [2.24, 2.45) is 0 Å². The van der Waals surface area contributed by atoms with Crippen LogP contribution in [0.2, 0.25) is 0 Å². The van der Waals surface area contributed by atoms with Crippen molar-refractivity contribution in [2.75, 3.05) is 0 Å². The van der Waals surface area contributed by atoms with E-state index in [4.69, 9.17) is 9.52 Å². The second kappa shape index (κ2) is 5.26. The van der Waals surface area contributed by atoms with Crippen molar-refractivity contribution in [3.63, 3.8) is 0 Å². The summed E-state index contributed by atoms with van der Waals surface area (Å²) in [6.07, 6.45) is 1.44. The molecule has 1 aromatic heterocycles. The number of aromatic nitrogens is 1. The van der Waals surface area contributed by atoms with E-state index in [1.807, 2.05) is 32.9 Å². The Balaban J connectivity index is 2.50. The van der Waals surface area contributed by atoms with Crippen molar-refractivity contribution < 1.29 is 14.3 Å². The minimum Gasteiger partial charge on any atom is -0.475 e. The molecule has 0 atom stereocenters. The molecule has 0 aliphatic heterocycles. The van der Waals surface area contributed by atoms with Crippen LogP contribution in [0.15, 0.2) is 22.6 Å². The Morgan fingerprint density at radius 1 is 1.26 bits per heavy atom. The third-order valence-electron chi connectivity index (χ3n) is 2.85. The molecule has 4 heteroatoms. The van der Waals surface area contributed by atoms with Gasteiger partial charge in [0.1, 0.15) is 0 Å². The summed E-state index contributed by atoms with van der Waals surface area (Å²) in [7, 11) is 0. The second-order valence-electron chi connectivity index (χ2n) is 4.73. The van der Waals surface area contributed by atoms with Crippen molar-refractivity contribution in [3.05, 3.63) is 40.8 Å². The summed E-state index contributed by atoms with van der Waals surface area (Å²) < 4.78 is 5.41. The molecule has 0 fully saturated rings. The van der Waals surface area contributed by atoms with Crippen molar-refractivity contribution in [2.45, 2.75) is 33.6 Å². The first kappa shape index (κ1) is 13.3. The Morgan fingerprint density at radius 2 is 1.89 bits per heavy atom. The van der Waals surface area contributed by atoms with Gasteiger partial charge in [0.05, 0.1) is 5.69 Å². The van der Waals surface area contributed by atoms with E-state index in [2.05, 4.69) is 11.1 Å². The number of benzene rings is 1. The summed E-state index contributed by atoms with van der Waals surface area (Å²) in [5.74, 6) is -0.727. The number of nitrogens with zero attached hydrogens (tertiary/aromatic N) is 1. The minimum atomic E-state index is -1.06. The number of hydrogen-bond donors (Lipinski definition) is 1. The fourth-order valence-corrected chi connectivity index (χ4v) is 2.15. The molecular weight excluding hydrogens is 242 g/mol. The zero-order chi connectivity index (χ0) is 14.0. The van der Waals surface area contributed by atoms with E-state index < -0.39 is 5.97 Å². The van der Waals surface area contributed by atoms with E-state index in [-0.39, 0.29) is 5.76 Å². The predicted octanol–water partition coefficient (Wildman–Crippen LogP) is 3.61. The minimum absolute atomic E-state index is 0.0454. The average Bonchev–Trinajstić information content (AvgIpc) is 2.72. The predicted molar refractivity (Wildman–Crippen MR) is 72.4 cm³/mol. The van der Waals surface area contributed by atoms with Gasteiger partial charge in [-0.1, -0.05) is 30.5 Å². The molecule has 0 unspecified atom stereocenters. The number of oxazole rings is 1. The molecule has 1 heterocycles. The Morgan fingerprint density at radius 3 is 2.42 bits per heavy atom. The maximum atomic E-state index is 11.1. The number of aromatic carboxylic acids is 1. The maximum Gasteiger partial charge on any atom is 0.373 e. The number of aryl methyl sites for hydroxylation is 3. The molecular formula is C15H17NO3. The molecule has 0 saturated heterocycles. The van der Waals surface area contributed by atoms with Gasteiger partial charge in [-0.25, -0.2) is 9.78 Å². The summed E-state index contributed by atoms with van der Waals surface area (Å²) in [6.45, 7) is 5.96. The van der Waals surface area contributed by atoms with Crippen molar-refractivity contribution >= 4 is 5.97 Å². The highest BCUT2D eigenvalue weighted by atomic mass is 16.4.